The van der Waals surface area contributed by atoms with Crippen LogP contribution in [0, 0.1) is 11.6 Å². The summed E-state index contributed by atoms with van der Waals surface area (Å²) in [5.41, 5.74) is 1.61. The Morgan fingerprint density at radius 1 is 0.967 bits per heavy atom. The lowest BCUT2D eigenvalue weighted by molar-refractivity contribution is 0.102. The van der Waals surface area contributed by atoms with Gasteiger partial charge in [-0.2, -0.15) is 0 Å². The monoisotopic (exact) mass is 422 g/mol. The van der Waals surface area contributed by atoms with Crippen molar-refractivity contribution in [3.8, 4) is 16.3 Å². The fourth-order valence-electron chi connectivity index (χ4n) is 2.77. The van der Waals surface area contributed by atoms with Crippen molar-refractivity contribution < 1.29 is 18.3 Å². The van der Waals surface area contributed by atoms with Gasteiger partial charge in [0, 0.05) is 16.6 Å². The molecule has 0 radical (unpaired) electrons. The first-order valence-electron chi connectivity index (χ1n) is 9.08. The van der Waals surface area contributed by atoms with Gasteiger partial charge in [-0.25, -0.2) is 13.8 Å². The number of thiazole rings is 1. The van der Waals surface area contributed by atoms with Crippen molar-refractivity contribution in [1.29, 1.82) is 0 Å². The van der Waals surface area contributed by atoms with Crippen molar-refractivity contribution in [2.45, 2.75) is 6.61 Å². The number of ether oxygens (including phenoxy) is 1. The van der Waals surface area contributed by atoms with Gasteiger partial charge in [0.25, 0.3) is 5.91 Å². The third-order valence-corrected chi connectivity index (χ3v) is 5.19. The second-order valence-electron chi connectivity index (χ2n) is 6.37. The maximum Gasteiger partial charge on any atom is 0.275 e. The molecule has 150 valence electrons. The van der Waals surface area contributed by atoms with Gasteiger partial charge in [0.2, 0.25) is 0 Å². The van der Waals surface area contributed by atoms with Gasteiger partial charge >= 0.3 is 0 Å². The highest BCUT2D eigenvalue weighted by molar-refractivity contribution is 7.13. The maximum atomic E-state index is 13.8. The van der Waals surface area contributed by atoms with Gasteiger partial charge < -0.3 is 10.1 Å². The number of hydrogen-bond donors (Lipinski definition) is 1. The van der Waals surface area contributed by atoms with Gasteiger partial charge in [-0.15, -0.1) is 11.3 Å². The number of halogens is 2. The van der Waals surface area contributed by atoms with Gasteiger partial charge in [0.1, 0.15) is 34.7 Å². The average Bonchev–Trinajstić information content (AvgIpc) is 3.25. The Morgan fingerprint density at radius 3 is 2.47 bits per heavy atom. The molecule has 0 atom stereocenters. The molecule has 4 rings (SSSR count). The molecule has 0 spiro atoms. The molecule has 0 aliphatic heterocycles. The zero-order valence-electron chi connectivity index (χ0n) is 15.6. The molecule has 0 bridgehead atoms. The van der Waals surface area contributed by atoms with E-state index < -0.39 is 11.6 Å². The number of aromatic nitrogens is 1. The van der Waals surface area contributed by atoms with Crippen molar-refractivity contribution >= 4 is 22.9 Å². The third-order valence-electron chi connectivity index (χ3n) is 4.29. The minimum atomic E-state index is -0.653. The molecule has 1 N–H and O–H groups in total. The first-order chi connectivity index (χ1) is 14.6. The molecule has 1 aromatic heterocycles. The number of carbonyl (C=O) groups is 1. The third kappa shape index (κ3) is 4.52. The molecular weight excluding hydrogens is 406 g/mol. The fourth-order valence-corrected chi connectivity index (χ4v) is 3.57. The van der Waals surface area contributed by atoms with Gasteiger partial charge in [0.15, 0.2) is 0 Å². The number of carbonyl (C=O) groups excluding carboxylic acids is 1. The molecule has 0 unspecified atom stereocenters. The lowest BCUT2D eigenvalue weighted by Crippen LogP contribution is -2.12. The summed E-state index contributed by atoms with van der Waals surface area (Å²) >= 11 is 1.32. The van der Waals surface area contributed by atoms with E-state index in [-0.39, 0.29) is 18.1 Å². The summed E-state index contributed by atoms with van der Waals surface area (Å²) in [5, 5.41) is 5.10. The lowest BCUT2D eigenvalue weighted by atomic mass is 10.2. The summed E-state index contributed by atoms with van der Waals surface area (Å²) in [4.78, 5) is 16.8. The van der Waals surface area contributed by atoms with Crippen LogP contribution in [-0.2, 0) is 6.61 Å². The Labute approximate surface area is 175 Å². The Morgan fingerprint density at radius 2 is 1.70 bits per heavy atom. The molecule has 4 nitrogen and oxygen atoms in total. The number of hydrogen-bond acceptors (Lipinski definition) is 4. The predicted octanol–water partition coefficient (Wildman–Crippen LogP) is 5.92. The minimum Gasteiger partial charge on any atom is -0.489 e. The van der Waals surface area contributed by atoms with Crippen LogP contribution in [0.3, 0.4) is 0 Å². The largest absolute Gasteiger partial charge is 0.489 e. The zero-order chi connectivity index (χ0) is 20.9. The van der Waals surface area contributed by atoms with Crippen LogP contribution in [0.5, 0.6) is 5.75 Å². The standard InChI is InChI=1S/C23H16F2N2O2S/c24-19-10-5-11-20(25)18(19)13-29-17-9-4-6-15(12-17)23-27-21(14-30-23)22(28)26-16-7-2-1-3-8-16/h1-12,14H,13H2,(H,26,28). The molecule has 30 heavy (non-hydrogen) atoms. The van der Waals surface area contributed by atoms with E-state index in [1.807, 2.05) is 24.3 Å². The second-order valence-corrected chi connectivity index (χ2v) is 7.23. The van der Waals surface area contributed by atoms with Crippen LogP contribution in [0.15, 0.2) is 78.2 Å². The van der Waals surface area contributed by atoms with Gasteiger partial charge in [-0.1, -0.05) is 36.4 Å². The first kappa shape index (κ1) is 19.7. The van der Waals surface area contributed by atoms with Crippen LogP contribution in [-0.4, -0.2) is 10.9 Å². The van der Waals surface area contributed by atoms with E-state index in [1.54, 1.807) is 35.7 Å². The van der Waals surface area contributed by atoms with E-state index in [0.29, 0.717) is 22.1 Å². The Balaban J connectivity index is 1.47. The summed E-state index contributed by atoms with van der Waals surface area (Å²) in [5.74, 6) is -1.16. The van der Waals surface area contributed by atoms with Crippen LogP contribution >= 0.6 is 11.3 Å². The molecular formula is C23H16F2N2O2S. The second kappa shape index (κ2) is 8.84. The highest BCUT2D eigenvalue weighted by Gasteiger charge is 2.13. The smallest absolute Gasteiger partial charge is 0.275 e. The molecule has 0 fully saturated rings. The predicted molar refractivity (Wildman–Crippen MR) is 113 cm³/mol. The molecule has 7 heteroatoms. The Hall–Kier alpha value is -3.58. The normalized spacial score (nSPS) is 10.6. The summed E-state index contributed by atoms with van der Waals surface area (Å²) in [7, 11) is 0. The lowest BCUT2D eigenvalue weighted by Gasteiger charge is -2.09. The Bertz CT molecular complexity index is 1160. The SMILES string of the molecule is O=C(Nc1ccccc1)c1csc(-c2cccc(OCc3c(F)cccc3F)c2)n1. The van der Waals surface area contributed by atoms with E-state index in [4.69, 9.17) is 4.74 Å². The van der Waals surface area contributed by atoms with Crippen molar-refractivity contribution in [2.75, 3.05) is 5.32 Å². The van der Waals surface area contributed by atoms with Gasteiger partial charge in [0.05, 0.1) is 5.56 Å². The van der Waals surface area contributed by atoms with E-state index in [1.165, 1.54) is 29.5 Å². The van der Waals surface area contributed by atoms with Crippen LogP contribution in [0.25, 0.3) is 10.6 Å². The van der Waals surface area contributed by atoms with Crippen molar-refractivity contribution in [3.63, 3.8) is 0 Å². The number of rotatable bonds is 6. The van der Waals surface area contributed by atoms with Gasteiger partial charge in [-0.05, 0) is 36.4 Å². The molecule has 0 aliphatic rings. The molecule has 1 amide bonds. The van der Waals surface area contributed by atoms with E-state index in [9.17, 15) is 13.6 Å². The van der Waals surface area contributed by atoms with E-state index in [0.717, 1.165) is 5.56 Å². The van der Waals surface area contributed by atoms with E-state index in [2.05, 4.69) is 10.3 Å². The zero-order valence-corrected chi connectivity index (χ0v) is 16.5. The van der Waals surface area contributed by atoms with Crippen molar-refractivity contribution in [3.05, 3.63) is 101 Å². The number of nitrogens with one attached hydrogen (secondary N) is 1. The molecule has 1 heterocycles. The maximum absolute atomic E-state index is 13.8. The minimum absolute atomic E-state index is 0.128. The quantitative estimate of drug-likeness (QED) is 0.420. The Kier molecular flexibility index (Phi) is 5.81. The molecule has 0 saturated heterocycles. The van der Waals surface area contributed by atoms with Gasteiger partial charge in [-0.3, -0.25) is 4.79 Å². The molecule has 4 aromatic rings. The summed E-state index contributed by atoms with van der Waals surface area (Å²) in [6.45, 7) is -0.232. The molecule has 3 aromatic carbocycles. The van der Waals surface area contributed by atoms with Crippen LogP contribution in [0.2, 0.25) is 0 Å². The highest BCUT2D eigenvalue weighted by Crippen LogP contribution is 2.28. The summed E-state index contributed by atoms with van der Waals surface area (Å²) in [6.07, 6.45) is 0. The highest BCUT2D eigenvalue weighted by atomic mass is 32.1. The average molecular weight is 422 g/mol. The molecule has 0 saturated carbocycles. The summed E-state index contributed by atoms with van der Waals surface area (Å²) in [6, 6.07) is 19.8. The number of para-hydroxylation sites is 1. The van der Waals surface area contributed by atoms with E-state index >= 15 is 0 Å². The number of benzene rings is 3. The van der Waals surface area contributed by atoms with Crippen molar-refractivity contribution in [2.24, 2.45) is 0 Å². The number of nitrogens with zero attached hydrogens (tertiary/aromatic N) is 1. The number of amides is 1. The summed E-state index contributed by atoms with van der Waals surface area (Å²) < 4.78 is 33.1. The first-order valence-corrected chi connectivity index (χ1v) is 9.96. The van der Waals surface area contributed by atoms with Crippen LogP contribution in [0.4, 0.5) is 14.5 Å². The van der Waals surface area contributed by atoms with Crippen LogP contribution < -0.4 is 10.1 Å². The molecule has 0 aliphatic carbocycles. The topological polar surface area (TPSA) is 51.2 Å². The van der Waals surface area contributed by atoms with Crippen LogP contribution in [0.1, 0.15) is 16.1 Å². The number of anilines is 1. The fraction of sp³-hybridized carbons (Fsp3) is 0.0435. The van der Waals surface area contributed by atoms with Crippen molar-refractivity contribution in [1.82, 2.24) is 4.98 Å².